The number of esters is 1. The van der Waals surface area contributed by atoms with Crippen LogP contribution < -0.4 is 5.32 Å². The van der Waals surface area contributed by atoms with Gasteiger partial charge in [-0.15, -0.1) is 0 Å². The van der Waals surface area contributed by atoms with Gasteiger partial charge in [-0.1, -0.05) is 0 Å². The molecule has 0 saturated carbocycles. The molecule has 1 aliphatic heterocycles. The van der Waals surface area contributed by atoms with E-state index in [1.54, 1.807) is 0 Å². The van der Waals surface area contributed by atoms with Crippen molar-refractivity contribution in [1.29, 1.82) is 0 Å². The predicted molar refractivity (Wildman–Crippen MR) is 76.3 cm³/mol. The molecule has 2 atom stereocenters. The molecule has 1 saturated heterocycles. The van der Waals surface area contributed by atoms with Gasteiger partial charge in [0.25, 0.3) is 0 Å². The van der Waals surface area contributed by atoms with Crippen molar-refractivity contribution in [2.45, 2.75) is 18.6 Å². The van der Waals surface area contributed by atoms with E-state index in [2.05, 4.69) is 10.1 Å². The largest absolute Gasteiger partial charge is 0.480 e. The molecule has 9 heteroatoms. The molecule has 1 aliphatic rings. The molecular formula is C12H20N2O6S. The van der Waals surface area contributed by atoms with Gasteiger partial charge in [-0.25, -0.2) is 14.4 Å². The number of amides is 2. The van der Waals surface area contributed by atoms with Crippen molar-refractivity contribution in [3.63, 3.8) is 0 Å². The first kappa shape index (κ1) is 17.6. The minimum atomic E-state index is -1.07. The van der Waals surface area contributed by atoms with Crippen LogP contribution in [-0.4, -0.2) is 78.9 Å². The molecule has 0 radical (unpaired) electrons. The molecule has 0 aromatic heterocycles. The van der Waals surface area contributed by atoms with E-state index in [1.807, 2.05) is 6.26 Å². The summed E-state index contributed by atoms with van der Waals surface area (Å²) < 4.78 is 9.78. The minimum absolute atomic E-state index is 0.0490. The lowest BCUT2D eigenvalue weighted by atomic mass is 10.2. The molecule has 2 unspecified atom stereocenters. The lowest BCUT2D eigenvalue weighted by molar-refractivity contribution is -0.158. The zero-order valence-electron chi connectivity index (χ0n) is 12.0. The summed E-state index contributed by atoms with van der Waals surface area (Å²) in [6.45, 7) is 0.553. The van der Waals surface area contributed by atoms with Crippen molar-refractivity contribution in [1.82, 2.24) is 10.2 Å². The zero-order valence-corrected chi connectivity index (χ0v) is 12.9. The molecule has 1 fully saturated rings. The number of hydrogen-bond donors (Lipinski definition) is 2. The van der Waals surface area contributed by atoms with Crippen molar-refractivity contribution in [2.75, 3.05) is 38.8 Å². The molecule has 0 spiro atoms. The Morgan fingerprint density at radius 2 is 2.24 bits per heavy atom. The highest BCUT2D eigenvalue weighted by Crippen LogP contribution is 2.08. The molecule has 8 nitrogen and oxygen atoms in total. The van der Waals surface area contributed by atoms with Crippen molar-refractivity contribution >= 4 is 29.7 Å². The summed E-state index contributed by atoms with van der Waals surface area (Å²) in [4.78, 5) is 35.9. The lowest BCUT2D eigenvalue weighted by Gasteiger charge is -2.32. The van der Waals surface area contributed by atoms with Crippen molar-refractivity contribution in [2.24, 2.45) is 0 Å². The average Bonchev–Trinajstić information content (AvgIpc) is 2.50. The summed E-state index contributed by atoms with van der Waals surface area (Å²) in [7, 11) is 1.24. The number of carboxylic acid groups (broad SMARTS) is 1. The summed E-state index contributed by atoms with van der Waals surface area (Å²) >= 11 is 1.51. The van der Waals surface area contributed by atoms with Gasteiger partial charge in [0.15, 0.2) is 6.10 Å². The Morgan fingerprint density at radius 1 is 1.52 bits per heavy atom. The Morgan fingerprint density at radius 3 is 2.81 bits per heavy atom. The van der Waals surface area contributed by atoms with Gasteiger partial charge in [-0.3, -0.25) is 0 Å². The van der Waals surface area contributed by atoms with Gasteiger partial charge in [0.05, 0.1) is 20.3 Å². The third-order valence-corrected chi connectivity index (χ3v) is 3.67. The van der Waals surface area contributed by atoms with E-state index in [-0.39, 0.29) is 13.2 Å². The number of carbonyl (C=O) groups is 3. The number of thioether (sulfide) groups is 1. The Kier molecular flexibility index (Phi) is 7.30. The van der Waals surface area contributed by atoms with Crippen LogP contribution in [0.15, 0.2) is 0 Å². The van der Waals surface area contributed by atoms with Gasteiger partial charge in [-0.05, 0) is 18.4 Å². The maximum atomic E-state index is 12.1. The number of urea groups is 1. The standard InChI is InChI=1S/C12H20N2O6S/c1-19-11(17)9-7-14(4-5-20-9)12(18)13-8(10(15)16)3-6-21-2/h8-9H,3-7H2,1-2H3,(H,13,18)(H,15,16). The van der Waals surface area contributed by atoms with Crippen LogP contribution in [0.5, 0.6) is 0 Å². The normalized spacial score (nSPS) is 19.7. The van der Waals surface area contributed by atoms with Crippen LogP contribution in [0.1, 0.15) is 6.42 Å². The maximum Gasteiger partial charge on any atom is 0.336 e. The molecule has 1 rings (SSSR count). The average molecular weight is 320 g/mol. The summed E-state index contributed by atoms with van der Waals surface area (Å²) in [6.07, 6.45) is 1.38. The molecule has 2 amide bonds. The molecule has 1 heterocycles. The monoisotopic (exact) mass is 320 g/mol. The zero-order chi connectivity index (χ0) is 15.8. The fourth-order valence-electron chi connectivity index (χ4n) is 1.84. The molecule has 2 N–H and O–H groups in total. The Labute approximate surface area is 127 Å². The van der Waals surface area contributed by atoms with E-state index < -0.39 is 30.1 Å². The number of hydrogen-bond acceptors (Lipinski definition) is 6. The van der Waals surface area contributed by atoms with E-state index >= 15 is 0 Å². The van der Waals surface area contributed by atoms with Crippen molar-refractivity contribution in [3.8, 4) is 0 Å². The number of aliphatic carboxylic acids is 1. The van der Waals surface area contributed by atoms with Gasteiger partial charge in [0.2, 0.25) is 0 Å². The number of carbonyl (C=O) groups excluding carboxylic acids is 2. The first-order chi connectivity index (χ1) is 9.99. The Hall–Kier alpha value is -1.48. The topological polar surface area (TPSA) is 105 Å². The highest BCUT2D eigenvalue weighted by Gasteiger charge is 2.31. The fourth-order valence-corrected chi connectivity index (χ4v) is 2.31. The van der Waals surface area contributed by atoms with Gasteiger partial charge in [-0.2, -0.15) is 11.8 Å². The molecule has 120 valence electrons. The molecule has 0 aromatic rings. The van der Waals surface area contributed by atoms with Gasteiger partial charge in [0.1, 0.15) is 6.04 Å². The lowest BCUT2D eigenvalue weighted by Crippen LogP contribution is -2.54. The second kappa shape index (κ2) is 8.73. The van der Waals surface area contributed by atoms with Crippen molar-refractivity contribution < 1.29 is 29.0 Å². The second-order valence-corrected chi connectivity index (χ2v) is 5.44. The predicted octanol–water partition coefficient (Wildman–Crippen LogP) is -0.224. The summed E-state index contributed by atoms with van der Waals surface area (Å²) in [5.41, 5.74) is 0. The summed E-state index contributed by atoms with van der Waals surface area (Å²) in [5, 5.41) is 11.5. The van der Waals surface area contributed by atoms with E-state index in [4.69, 9.17) is 9.84 Å². The third kappa shape index (κ3) is 5.43. The van der Waals surface area contributed by atoms with Crippen LogP contribution >= 0.6 is 11.8 Å². The number of ether oxygens (including phenoxy) is 2. The smallest absolute Gasteiger partial charge is 0.336 e. The number of nitrogens with zero attached hydrogens (tertiary/aromatic N) is 1. The van der Waals surface area contributed by atoms with Gasteiger partial charge in [0, 0.05) is 6.54 Å². The van der Waals surface area contributed by atoms with E-state index in [1.165, 1.54) is 23.8 Å². The number of rotatable bonds is 6. The minimum Gasteiger partial charge on any atom is -0.480 e. The number of carboxylic acids is 1. The third-order valence-electron chi connectivity index (χ3n) is 3.02. The van der Waals surface area contributed by atoms with Crippen LogP contribution in [0.3, 0.4) is 0 Å². The quantitative estimate of drug-likeness (QED) is 0.652. The van der Waals surface area contributed by atoms with Crippen LogP contribution in [-0.2, 0) is 19.1 Å². The van der Waals surface area contributed by atoms with E-state index in [0.29, 0.717) is 18.7 Å². The highest BCUT2D eigenvalue weighted by atomic mass is 32.2. The summed E-state index contributed by atoms with van der Waals surface area (Å²) in [5.74, 6) is -0.995. The van der Waals surface area contributed by atoms with Crippen LogP contribution in [0, 0.1) is 0 Å². The number of nitrogens with one attached hydrogen (secondary N) is 1. The summed E-state index contributed by atoms with van der Waals surface area (Å²) in [6, 6.07) is -1.45. The number of morpholine rings is 1. The second-order valence-electron chi connectivity index (χ2n) is 4.45. The van der Waals surface area contributed by atoms with Crippen molar-refractivity contribution in [3.05, 3.63) is 0 Å². The Balaban J connectivity index is 2.56. The molecule has 0 aromatic carbocycles. The molecule has 0 aliphatic carbocycles. The van der Waals surface area contributed by atoms with Gasteiger partial charge >= 0.3 is 18.0 Å². The first-order valence-electron chi connectivity index (χ1n) is 6.46. The van der Waals surface area contributed by atoms with E-state index in [0.717, 1.165) is 0 Å². The van der Waals surface area contributed by atoms with Crippen LogP contribution in [0.4, 0.5) is 4.79 Å². The van der Waals surface area contributed by atoms with Crippen LogP contribution in [0.25, 0.3) is 0 Å². The van der Waals surface area contributed by atoms with Gasteiger partial charge < -0.3 is 24.8 Å². The number of methoxy groups -OCH3 is 1. The SMILES string of the molecule is COC(=O)C1CN(C(=O)NC(CCSC)C(=O)O)CCO1. The van der Waals surface area contributed by atoms with E-state index in [9.17, 15) is 14.4 Å². The fraction of sp³-hybridized carbons (Fsp3) is 0.750. The molecular weight excluding hydrogens is 300 g/mol. The molecule has 0 bridgehead atoms. The molecule has 21 heavy (non-hydrogen) atoms. The Bertz CT molecular complexity index is 392. The van der Waals surface area contributed by atoms with Crippen LogP contribution in [0.2, 0.25) is 0 Å². The first-order valence-corrected chi connectivity index (χ1v) is 7.85. The maximum absolute atomic E-state index is 12.1. The highest BCUT2D eigenvalue weighted by molar-refractivity contribution is 7.98.